The molecule has 0 aliphatic carbocycles. The summed E-state index contributed by atoms with van der Waals surface area (Å²) in [7, 11) is 1.38. The van der Waals surface area contributed by atoms with Crippen LogP contribution in [-0.4, -0.2) is 34.6 Å². The second kappa shape index (κ2) is 6.20. The van der Waals surface area contributed by atoms with E-state index in [9.17, 15) is 9.59 Å². The van der Waals surface area contributed by atoms with E-state index in [4.69, 9.17) is 28.3 Å². The largest absolute Gasteiger partial charge is 0.480 e. The van der Waals surface area contributed by atoms with Gasteiger partial charge in [-0.05, 0) is 26.0 Å². The maximum Gasteiger partial charge on any atom is 0.329 e. The molecule has 2 amide bonds. The molecule has 0 saturated carbocycles. The molecule has 0 aliphatic rings. The third kappa shape index (κ3) is 3.56. The number of hydrogen-bond acceptors (Lipinski definition) is 2. The number of aliphatic carboxylic acids is 1. The number of rotatable bonds is 3. The Hall–Kier alpha value is -0.980. The fraction of sp³-hybridized carbons (Fsp3) is 0.333. The average Bonchev–Trinajstić information content (AvgIpc) is 2.32. The lowest BCUT2D eigenvalue weighted by Gasteiger charge is -2.31. The highest BCUT2D eigenvalue weighted by molar-refractivity contribution is 9.10. The number of nitrogens with one attached hydrogen (secondary N) is 1. The minimum Gasteiger partial charge on any atom is -0.480 e. The molecule has 0 unspecified atom stereocenters. The van der Waals surface area contributed by atoms with Crippen LogP contribution in [0.5, 0.6) is 0 Å². The van der Waals surface area contributed by atoms with Gasteiger partial charge in [-0.3, -0.25) is 0 Å². The average molecular weight is 384 g/mol. The van der Waals surface area contributed by atoms with Gasteiger partial charge < -0.3 is 15.3 Å². The fourth-order valence-electron chi connectivity index (χ4n) is 1.25. The van der Waals surface area contributed by atoms with Crippen LogP contribution in [0.25, 0.3) is 0 Å². The van der Waals surface area contributed by atoms with Crippen molar-refractivity contribution >= 4 is 56.8 Å². The Morgan fingerprint density at radius 2 is 1.75 bits per heavy atom. The van der Waals surface area contributed by atoms with Crippen molar-refractivity contribution in [1.29, 1.82) is 0 Å². The highest BCUT2D eigenvalue weighted by Crippen LogP contribution is 2.34. The van der Waals surface area contributed by atoms with Crippen LogP contribution < -0.4 is 5.32 Å². The summed E-state index contributed by atoms with van der Waals surface area (Å²) >= 11 is 15.2. The predicted octanol–water partition coefficient (Wildman–Crippen LogP) is 4.08. The van der Waals surface area contributed by atoms with E-state index in [2.05, 4.69) is 21.2 Å². The Labute approximate surface area is 135 Å². The first-order chi connectivity index (χ1) is 9.07. The number of carboxylic acid groups (broad SMARTS) is 1. The third-order valence-electron chi connectivity index (χ3n) is 2.91. The summed E-state index contributed by atoms with van der Waals surface area (Å²) in [4.78, 5) is 24.3. The number of halogens is 3. The van der Waals surface area contributed by atoms with Crippen LogP contribution in [0.15, 0.2) is 16.6 Å². The Bertz CT molecular complexity index is 541. The second-order valence-electron chi connectivity index (χ2n) is 4.60. The molecule has 0 atom stereocenters. The molecule has 5 nitrogen and oxygen atoms in total. The number of likely N-dealkylation sites (N-methyl/N-ethyl adjacent to an activating group) is 1. The van der Waals surface area contributed by atoms with Crippen LogP contribution in [0.2, 0.25) is 10.0 Å². The van der Waals surface area contributed by atoms with Crippen molar-refractivity contribution in [1.82, 2.24) is 4.90 Å². The summed E-state index contributed by atoms with van der Waals surface area (Å²) in [6.07, 6.45) is 0. The molecule has 0 bridgehead atoms. The minimum absolute atomic E-state index is 0.231. The van der Waals surface area contributed by atoms with E-state index < -0.39 is 17.5 Å². The van der Waals surface area contributed by atoms with Crippen LogP contribution >= 0.6 is 39.1 Å². The first-order valence-electron chi connectivity index (χ1n) is 5.50. The molecule has 0 fully saturated rings. The molecule has 1 aromatic carbocycles. The normalized spacial score (nSPS) is 11.1. The number of hydrogen-bond donors (Lipinski definition) is 2. The first-order valence-corrected chi connectivity index (χ1v) is 7.05. The number of anilines is 1. The van der Waals surface area contributed by atoms with Gasteiger partial charge in [0.25, 0.3) is 0 Å². The van der Waals surface area contributed by atoms with E-state index in [-0.39, 0.29) is 15.7 Å². The van der Waals surface area contributed by atoms with Gasteiger partial charge in [-0.2, -0.15) is 0 Å². The molecule has 2 N–H and O–H groups in total. The zero-order valence-electron chi connectivity index (χ0n) is 11.0. The van der Waals surface area contributed by atoms with Crippen LogP contribution in [0, 0.1) is 0 Å². The molecule has 1 aromatic rings. The van der Waals surface area contributed by atoms with Crippen LogP contribution in [0.3, 0.4) is 0 Å². The zero-order chi connectivity index (χ0) is 15.7. The molecular formula is C12H13BrCl2N2O3. The van der Waals surface area contributed by atoms with Crippen molar-refractivity contribution in [3.63, 3.8) is 0 Å². The molecule has 8 heteroatoms. The van der Waals surface area contributed by atoms with Gasteiger partial charge >= 0.3 is 12.0 Å². The topological polar surface area (TPSA) is 69.6 Å². The lowest BCUT2D eigenvalue weighted by Crippen LogP contribution is -2.52. The number of carbonyl (C=O) groups is 2. The summed E-state index contributed by atoms with van der Waals surface area (Å²) in [5, 5.41) is 12.1. The van der Waals surface area contributed by atoms with E-state index in [1.54, 1.807) is 12.1 Å². The molecule has 20 heavy (non-hydrogen) atoms. The van der Waals surface area contributed by atoms with Crippen molar-refractivity contribution in [2.45, 2.75) is 19.4 Å². The molecule has 110 valence electrons. The lowest BCUT2D eigenvalue weighted by atomic mass is 10.1. The molecule has 0 spiro atoms. The predicted molar refractivity (Wildman–Crippen MR) is 82.7 cm³/mol. The molecule has 0 aliphatic heterocycles. The number of benzene rings is 1. The molecule has 0 heterocycles. The molecule has 0 radical (unpaired) electrons. The van der Waals surface area contributed by atoms with Crippen LogP contribution in [0.4, 0.5) is 10.5 Å². The SMILES string of the molecule is CN(C(=O)Nc1c(Cl)cc(Br)cc1Cl)C(C)(C)C(=O)O. The van der Waals surface area contributed by atoms with E-state index in [0.29, 0.717) is 4.47 Å². The van der Waals surface area contributed by atoms with Gasteiger partial charge in [0.15, 0.2) is 0 Å². The van der Waals surface area contributed by atoms with Crippen molar-refractivity contribution in [2.75, 3.05) is 12.4 Å². The van der Waals surface area contributed by atoms with Crippen molar-refractivity contribution in [3.8, 4) is 0 Å². The standard InChI is InChI=1S/C12H13BrCl2N2O3/c1-12(2,10(18)19)17(3)11(20)16-9-7(14)4-6(13)5-8(9)15/h4-5H,1-3H3,(H,16,20)(H,18,19). The number of amides is 2. The van der Waals surface area contributed by atoms with Gasteiger partial charge in [-0.25, -0.2) is 9.59 Å². The van der Waals surface area contributed by atoms with Gasteiger partial charge in [0.05, 0.1) is 15.7 Å². The van der Waals surface area contributed by atoms with E-state index in [1.165, 1.54) is 20.9 Å². The maximum absolute atomic E-state index is 12.1. The van der Waals surface area contributed by atoms with Crippen LogP contribution in [0.1, 0.15) is 13.8 Å². The Morgan fingerprint density at radius 1 is 1.30 bits per heavy atom. The number of carboxylic acids is 1. The van der Waals surface area contributed by atoms with E-state index >= 15 is 0 Å². The third-order valence-corrected chi connectivity index (χ3v) is 3.96. The summed E-state index contributed by atoms with van der Waals surface area (Å²) in [6.45, 7) is 2.83. The zero-order valence-corrected chi connectivity index (χ0v) is 14.1. The van der Waals surface area contributed by atoms with Gasteiger partial charge in [0, 0.05) is 11.5 Å². The van der Waals surface area contributed by atoms with Gasteiger partial charge in [0.2, 0.25) is 0 Å². The number of nitrogens with zero attached hydrogens (tertiary/aromatic N) is 1. The number of carbonyl (C=O) groups excluding carboxylic acids is 1. The summed E-state index contributed by atoms with van der Waals surface area (Å²) in [5.41, 5.74) is -1.13. The highest BCUT2D eigenvalue weighted by atomic mass is 79.9. The second-order valence-corrected chi connectivity index (χ2v) is 6.33. The molecule has 1 rings (SSSR count). The first kappa shape index (κ1) is 17.1. The number of urea groups is 1. The Morgan fingerprint density at radius 3 is 2.15 bits per heavy atom. The van der Waals surface area contributed by atoms with Gasteiger partial charge in [0.1, 0.15) is 5.54 Å². The lowest BCUT2D eigenvalue weighted by molar-refractivity contribution is -0.146. The van der Waals surface area contributed by atoms with E-state index in [0.717, 1.165) is 4.90 Å². The molecule has 0 saturated heterocycles. The Kier molecular flexibility index (Phi) is 5.29. The fourth-order valence-corrected chi connectivity index (χ4v) is 2.55. The van der Waals surface area contributed by atoms with Crippen molar-refractivity contribution in [2.24, 2.45) is 0 Å². The van der Waals surface area contributed by atoms with Crippen molar-refractivity contribution in [3.05, 3.63) is 26.7 Å². The smallest absolute Gasteiger partial charge is 0.329 e. The maximum atomic E-state index is 12.1. The summed E-state index contributed by atoms with van der Waals surface area (Å²) in [5.74, 6) is -1.12. The van der Waals surface area contributed by atoms with Crippen LogP contribution in [-0.2, 0) is 4.79 Å². The van der Waals surface area contributed by atoms with E-state index in [1.807, 2.05) is 0 Å². The minimum atomic E-state index is -1.36. The molecular weight excluding hydrogens is 371 g/mol. The Balaban J connectivity index is 3.00. The quantitative estimate of drug-likeness (QED) is 0.825. The monoisotopic (exact) mass is 382 g/mol. The molecule has 0 aromatic heterocycles. The highest BCUT2D eigenvalue weighted by Gasteiger charge is 2.35. The van der Waals surface area contributed by atoms with Gasteiger partial charge in [-0.1, -0.05) is 39.1 Å². The summed E-state index contributed by atoms with van der Waals surface area (Å²) in [6, 6.07) is 2.53. The van der Waals surface area contributed by atoms with Crippen molar-refractivity contribution < 1.29 is 14.7 Å². The van der Waals surface area contributed by atoms with Gasteiger partial charge in [-0.15, -0.1) is 0 Å². The summed E-state index contributed by atoms with van der Waals surface area (Å²) < 4.78 is 0.671.